The number of rotatable bonds is 0. The maximum Gasteiger partial charge on any atom is 0.298 e. The highest BCUT2D eigenvalue weighted by molar-refractivity contribution is 6.25. The molecule has 0 saturated carbocycles. The van der Waals surface area contributed by atoms with E-state index in [1.165, 1.54) is 0 Å². The van der Waals surface area contributed by atoms with Crippen molar-refractivity contribution < 1.29 is 18.4 Å². The minimum Gasteiger partial charge on any atom is -0.447 e. The Morgan fingerprint density at radius 2 is 1.00 bits per heavy atom. The summed E-state index contributed by atoms with van der Waals surface area (Å²) in [4.78, 5) is 24.6. The van der Waals surface area contributed by atoms with Crippen LogP contribution < -0.4 is 5.32 Å². The average Bonchev–Trinajstić information content (AvgIpc) is 2.98. The molecule has 5 nitrogen and oxygen atoms in total. The van der Waals surface area contributed by atoms with Crippen molar-refractivity contribution in [2.24, 2.45) is 0 Å². The Morgan fingerprint density at radius 3 is 1.48 bits per heavy atom. The quantitative estimate of drug-likeness (QED) is 0.361. The van der Waals surface area contributed by atoms with Gasteiger partial charge in [0.15, 0.2) is 0 Å². The molecule has 0 fully saturated rings. The van der Waals surface area contributed by atoms with Crippen LogP contribution in [0.15, 0.2) is 81.6 Å². The summed E-state index contributed by atoms with van der Waals surface area (Å²) >= 11 is 0. The van der Waals surface area contributed by atoms with Crippen LogP contribution in [0.2, 0.25) is 0 Å². The molecular weight excluding hydrogens is 366 g/mol. The molecule has 1 aliphatic heterocycles. The maximum atomic E-state index is 12.3. The van der Waals surface area contributed by atoms with E-state index < -0.39 is 11.8 Å². The third-order valence-corrected chi connectivity index (χ3v) is 5.30. The van der Waals surface area contributed by atoms with Crippen molar-refractivity contribution in [3.63, 3.8) is 0 Å². The van der Waals surface area contributed by atoms with E-state index in [1.807, 2.05) is 72.8 Å². The lowest BCUT2D eigenvalue weighted by Gasteiger charge is -2.09. The molecule has 1 aliphatic rings. The third-order valence-electron chi connectivity index (χ3n) is 5.30. The summed E-state index contributed by atoms with van der Waals surface area (Å²) in [5.74, 6) is -1.45. The van der Waals surface area contributed by atoms with Crippen LogP contribution in [0.3, 0.4) is 0 Å². The van der Waals surface area contributed by atoms with E-state index in [4.69, 9.17) is 8.83 Å². The zero-order valence-electron chi connectivity index (χ0n) is 15.1. The van der Waals surface area contributed by atoms with E-state index in [0.717, 1.165) is 32.3 Å². The summed E-state index contributed by atoms with van der Waals surface area (Å²) < 4.78 is 12.0. The van der Waals surface area contributed by atoms with Gasteiger partial charge in [-0.15, -0.1) is 0 Å². The van der Waals surface area contributed by atoms with Crippen molar-refractivity contribution in [2.75, 3.05) is 0 Å². The van der Waals surface area contributed by atoms with E-state index in [-0.39, 0.29) is 11.5 Å². The lowest BCUT2D eigenvalue weighted by Crippen LogP contribution is -2.19. The highest BCUT2D eigenvalue weighted by atomic mass is 16.4. The molecule has 5 heteroatoms. The van der Waals surface area contributed by atoms with Gasteiger partial charge >= 0.3 is 0 Å². The molecule has 138 valence electrons. The summed E-state index contributed by atoms with van der Waals surface area (Å²) in [7, 11) is 0. The summed E-state index contributed by atoms with van der Waals surface area (Å²) in [6.07, 6.45) is 0. The first-order valence-electron chi connectivity index (χ1n) is 9.20. The second-order valence-corrected chi connectivity index (χ2v) is 6.97. The number of benzene rings is 4. The SMILES string of the molecule is O=C1NC(=O)c2oc3ccc4ccccc4c3c3c(ccc4ccccc43)oc21. The van der Waals surface area contributed by atoms with Gasteiger partial charge in [-0.2, -0.15) is 0 Å². The van der Waals surface area contributed by atoms with Crippen LogP contribution in [-0.2, 0) is 0 Å². The fourth-order valence-corrected chi connectivity index (χ4v) is 4.02. The minimum atomic E-state index is -0.603. The third kappa shape index (κ3) is 2.21. The van der Waals surface area contributed by atoms with Crippen molar-refractivity contribution in [3.05, 3.63) is 84.3 Å². The zero-order chi connectivity index (χ0) is 19.5. The molecule has 0 saturated heterocycles. The Kier molecular flexibility index (Phi) is 3.12. The average molecular weight is 379 g/mol. The molecule has 0 bridgehead atoms. The molecule has 0 unspecified atom stereocenters. The Bertz CT molecular complexity index is 1450. The van der Waals surface area contributed by atoms with E-state index in [0.29, 0.717) is 11.2 Å². The van der Waals surface area contributed by atoms with Gasteiger partial charge < -0.3 is 8.83 Å². The normalized spacial score (nSPS) is 13.2. The van der Waals surface area contributed by atoms with Gasteiger partial charge in [-0.1, -0.05) is 60.7 Å². The summed E-state index contributed by atoms with van der Waals surface area (Å²) in [5, 5.41) is 7.92. The van der Waals surface area contributed by atoms with E-state index >= 15 is 0 Å². The Morgan fingerprint density at radius 1 is 0.552 bits per heavy atom. The number of fused-ring (bicyclic) bond motifs is 8. The topological polar surface area (TPSA) is 72.5 Å². The second-order valence-electron chi connectivity index (χ2n) is 6.97. The molecule has 0 aliphatic carbocycles. The molecule has 1 N–H and O–H groups in total. The van der Waals surface area contributed by atoms with Gasteiger partial charge in [0.2, 0.25) is 11.5 Å². The molecule has 0 radical (unpaired) electrons. The molecule has 0 spiro atoms. The number of hydrogen-bond donors (Lipinski definition) is 1. The van der Waals surface area contributed by atoms with Crippen LogP contribution in [0.1, 0.15) is 21.1 Å². The number of carbonyl (C=O) groups excluding carboxylic acids is 2. The number of carbonyl (C=O) groups is 2. The lowest BCUT2D eigenvalue weighted by molar-refractivity contribution is 0.0863. The predicted molar refractivity (Wildman–Crippen MR) is 110 cm³/mol. The van der Waals surface area contributed by atoms with Gasteiger partial charge in [0.05, 0.1) is 0 Å². The van der Waals surface area contributed by atoms with Gasteiger partial charge in [-0.3, -0.25) is 14.9 Å². The zero-order valence-corrected chi connectivity index (χ0v) is 15.1. The smallest absolute Gasteiger partial charge is 0.298 e. The molecule has 2 amide bonds. The number of imide groups is 1. The summed E-state index contributed by atoms with van der Waals surface area (Å²) in [6, 6.07) is 23.5. The highest BCUT2D eigenvalue weighted by Crippen LogP contribution is 2.36. The molecule has 1 aromatic heterocycles. The monoisotopic (exact) mass is 379 g/mol. The van der Waals surface area contributed by atoms with Crippen molar-refractivity contribution in [1.82, 2.24) is 5.32 Å². The largest absolute Gasteiger partial charge is 0.447 e. The highest BCUT2D eigenvalue weighted by Gasteiger charge is 2.32. The molecule has 5 aromatic rings. The number of hydrogen-bond acceptors (Lipinski definition) is 4. The molecule has 2 heterocycles. The lowest BCUT2D eigenvalue weighted by atomic mass is 9.98. The van der Waals surface area contributed by atoms with Crippen molar-refractivity contribution in [3.8, 4) is 0 Å². The molecule has 0 atom stereocenters. The van der Waals surface area contributed by atoms with Gasteiger partial charge in [0.1, 0.15) is 11.2 Å². The van der Waals surface area contributed by atoms with Gasteiger partial charge in [0.25, 0.3) is 11.8 Å². The van der Waals surface area contributed by atoms with E-state index in [1.54, 1.807) is 0 Å². The fourth-order valence-electron chi connectivity index (χ4n) is 4.02. The van der Waals surface area contributed by atoms with Gasteiger partial charge in [0, 0.05) is 10.8 Å². The minimum absolute atomic E-state index is 0.120. The first-order chi connectivity index (χ1) is 14.2. The Labute approximate surface area is 163 Å². The first-order valence-corrected chi connectivity index (χ1v) is 9.20. The van der Waals surface area contributed by atoms with Crippen LogP contribution in [0.5, 0.6) is 0 Å². The standard InChI is InChI=1S/C24H13NO4/c26-23-21-22(24(27)25-23)29-18-12-10-14-6-2-4-8-16(14)20(18)19-15-7-3-1-5-13(15)9-11-17(19)28-21/h1-12H,(H,25,26,27). The molecular formula is C24H13NO4. The van der Waals surface area contributed by atoms with Crippen molar-refractivity contribution >= 4 is 55.3 Å². The first kappa shape index (κ1) is 15.9. The molecule has 6 rings (SSSR count). The Balaban J connectivity index is 2.01. The van der Waals surface area contributed by atoms with Crippen LogP contribution in [0, 0.1) is 0 Å². The second kappa shape index (κ2) is 5.69. The van der Waals surface area contributed by atoms with E-state index in [9.17, 15) is 9.59 Å². The van der Waals surface area contributed by atoms with Crippen LogP contribution in [-0.4, -0.2) is 11.8 Å². The summed E-state index contributed by atoms with van der Waals surface area (Å²) in [5.41, 5.74) is 1.00. The van der Waals surface area contributed by atoms with Crippen molar-refractivity contribution in [1.29, 1.82) is 0 Å². The van der Waals surface area contributed by atoms with Crippen LogP contribution in [0.25, 0.3) is 43.5 Å². The van der Waals surface area contributed by atoms with Crippen LogP contribution in [0.4, 0.5) is 0 Å². The van der Waals surface area contributed by atoms with E-state index in [2.05, 4.69) is 5.32 Å². The molecule has 29 heavy (non-hydrogen) atoms. The maximum absolute atomic E-state index is 12.3. The van der Waals surface area contributed by atoms with Crippen molar-refractivity contribution in [2.45, 2.75) is 0 Å². The van der Waals surface area contributed by atoms with Crippen LogP contribution >= 0.6 is 0 Å². The predicted octanol–water partition coefficient (Wildman–Crippen LogP) is 5.49. The number of amides is 2. The van der Waals surface area contributed by atoms with Gasteiger partial charge in [-0.25, -0.2) is 0 Å². The molecule has 4 aromatic carbocycles. The summed E-state index contributed by atoms with van der Waals surface area (Å²) in [6.45, 7) is 0. The fraction of sp³-hybridized carbons (Fsp3) is 0. The Hall–Kier alpha value is -4.12. The number of nitrogens with one attached hydrogen (secondary N) is 1. The van der Waals surface area contributed by atoms with Gasteiger partial charge in [-0.05, 0) is 33.7 Å².